The maximum absolute atomic E-state index is 12.1. The Bertz CT molecular complexity index is 592. The lowest BCUT2D eigenvalue weighted by molar-refractivity contribution is -0.153. The number of imide groups is 1. The van der Waals surface area contributed by atoms with Crippen molar-refractivity contribution in [3.05, 3.63) is 24.3 Å². The minimum absolute atomic E-state index is 0.0332. The Balaban J connectivity index is 1.96. The molecular weight excluding hydrogens is 315 g/mol. The van der Waals surface area contributed by atoms with Crippen molar-refractivity contribution < 1.29 is 27.5 Å². The molecule has 6 nitrogen and oxygen atoms in total. The molecule has 1 heterocycles. The highest BCUT2D eigenvalue weighted by Crippen LogP contribution is 2.22. The molecule has 1 aromatic carbocycles. The van der Waals surface area contributed by atoms with Gasteiger partial charge in [0.05, 0.1) is 0 Å². The molecule has 1 aliphatic rings. The van der Waals surface area contributed by atoms with Gasteiger partial charge in [0, 0.05) is 24.8 Å². The molecule has 1 unspecified atom stereocenters. The zero-order valence-electron chi connectivity index (χ0n) is 12.3. The quantitative estimate of drug-likeness (QED) is 0.865. The molecule has 0 bridgehead atoms. The van der Waals surface area contributed by atoms with E-state index in [4.69, 9.17) is 0 Å². The standard InChI is InChI=1S/C14H16F3N3O3/c1-9(12(21)20-6-5-18-13(20)22)19-10-3-2-4-11(7-10)23-8-14(15,16)17/h2-4,7,9,19H,5-6,8H2,1H3,(H,18,22). The molecule has 3 amide bonds. The van der Waals surface area contributed by atoms with Crippen LogP contribution < -0.4 is 15.4 Å². The monoisotopic (exact) mass is 331 g/mol. The fraction of sp³-hybridized carbons (Fsp3) is 0.429. The summed E-state index contributed by atoms with van der Waals surface area (Å²) >= 11 is 0. The van der Waals surface area contributed by atoms with Crippen LogP contribution in [-0.2, 0) is 4.79 Å². The van der Waals surface area contributed by atoms with Crippen LogP contribution in [-0.4, -0.2) is 48.8 Å². The molecule has 0 radical (unpaired) electrons. The molecule has 0 aromatic heterocycles. The molecule has 9 heteroatoms. The van der Waals surface area contributed by atoms with Crippen molar-refractivity contribution in [1.82, 2.24) is 10.2 Å². The van der Waals surface area contributed by atoms with E-state index in [1.807, 2.05) is 0 Å². The Morgan fingerprint density at radius 2 is 2.22 bits per heavy atom. The van der Waals surface area contributed by atoms with Crippen LogP contribution in [0.5, 0.6) is 5.75 Å². The Morgan fingerprint density at radius 1 is 1.48 bits per heavy atom. The van der Waals surface area contributed by atoms with Gasteiger partial charge in [0.2, 0.25) is 0 Å². The number of nitrogens with zero attached hydrogens (tertiary/aromatic N) is 1. The van der Waals surface area contributed by atoms with Crippen LogP contribution in [0, 0.1) is 0 Å². The number of hydrogen-bond acceptors (Lipinski definition) is 4. The van der Waals surface area contributed by atoms with Gasteiger partial charge in [-0.05, 0) is 19.1 Å². The van der Waals surface area contributed by atoms with Crippen molar-refractivity contribution in [2.75, 3.05) is 25.0 Å². The molecule has 1 aromatic rings. The van der Waals surface area contributed by atoms with E-state index >= 15 is 0 Å². The number of carbonyl (C=O) groups excluding carboxylic acids is 2. The van der Waals surface area contributed by atoms with E-state index < -0.39 is 30.8 Å². The van der Waals surface area contributed by atoms with Crippen molar-refractivity contribution in [2.24, 2.45) is 0 Å². The van der Waals surface area contributed by atoms with E-state index in [1.165, 1.54) is 18.2 Å². The number of anilines is 1. The van der Waals surface area contributed by atoms with Gasteiger partial charge in [-0.15, -0.1) is 0 Å². The summed E-state index contributed by atoms with van der Waals surface area (Å²) in [4.78, 5) is 24.7. The van der Waals surface area contributed by atoms with E-state index in [-0.39, 0.29) is 5.75 Å². The molecular formula is C14H16F3N3O3. The minimum Gasteiger partial charge on any atom is -0.484 e. The van der Waals surface area contributed by atoms with Crippen molar-refractivity contribution in [1.29, 1.82) is 0 Å². The van der Waals surface area contributed by atoms with Crippen molar-refractivity contribution in [3.63, 3.8) is 0 Å². The maximum atomic E-state index is 12.1. The van der Waals surface area contributed by atoms with Crippen LogP contribution in [0.1, 0.15) is 6.92 Å². The van der Waals surface area contributed by atoms with Crippen molar-refractivity contribution in [3.8, 4) is 5.75 Å². The first-order valence-electron chi connectivity index (χ1n) is 6.91. The maximum Gasteiger partial charge on any atom is 0.422 e. The first-order chi connectivity index (χ1) is 10.8. The second-order valence-electron chi connectivity index (χ2n) is 5.02. The first kappa shape index (κ1) is 16.9. The zero-order chi connectivity index (χ0) is 17.0. The summed E-state index contributed by atoms with van der Waals surface area (Å²) in [6.07, 6.45) is -4.42. The van der Waals surface area contributed by atoms with Gasteiger partial charge >= 0.3 is 12.2 Å². The van der Waals surface area contributed by atoms with Crippen LogP contribution in [0.2, 0.25) is 0 Å². The third-order valence-electron chi connectivity index (χ3n) is 3.11. The first-order valence-corrected chi connectivity index (χ1v) is 6.91. The number of hydrogen-bond donors (Lipinski definition) is 2. The molecule has 1 aliphatic heterocycles. The average Bonchev–Trinajstić information content (AvgIpc) is 2.90. The van der Waals surface area contributed by atoms with Crippen LogP contribution in [0.4, 0.5) is 23.7 Å². The minimum atomic E-state index is -4.42. The number of halogens is 3. The normalized spacial score (nSPS) is 16.0. The SMILES string of the molecule is CC(Nc1cccc(OCC(F)(F)F)c1)C(=O)N1CCNC1=O. The third kappa shape index (κ3) is 4.76. The predicted molar refractivity (Wildman–Crippen MR) is 76.2 cm³/mol. The Hall–Kier alpha value is -2.45. The lowest BCUT2D eigenvalue weighted by Crippen LogP contribution is -2.43. The van der Waals surface area contributed by atoms with Gasteiger partial charge in [0.15, 0.2) is 6.61 Å². The topological polar surface area (TPSA) is 70.7 Å². The van der Waals surface area contributed by atoms with E-state index in [1.54, 1.807) is 13.0 Å². The fourth-order valence-corrected chi connectivity index (χ4v) is 2.07. The molecule has 0 saturated carbocycles. The van der Waals surface area contributed by atoms with Crippen LogP contribution in [0.15, 0.2) is 24.3 Å². The molecule has 1 saturated heterocycles. The highest BCUT2D eigenvalue weighted by Gasteiger charge is 2.30. The number of carbonyl (C=O) groups is 2. The van der Waals surface area contributed by atoms with Gasteiger partial charge in [0.25, 0.3) is 5.91 Å². The van der Waals surface area contributed by atoms with E-state index in [9.17, 15) is 22.8 Å². The van der Waals surface area contributed by atoms with Crippen molar-refractivity contribution in [2.45, 2.75) is 19.1 Å². The highest BCUT2D eigenvalue weighted by molar-refractivity contribution is 5.99. The molecule has 1 atom stereocenters. The molecule has 23 heavy (non-hydrogen) atoms. The Morgan fingerprint density at radius 3 is 2.83 bits per heavy atom. The molecule has 0 spiro atoms. The fourth-order valence-electron chi connectivity index (χ4n) is 2.07. The molecule has 0 aliphatic carbocycles. The van der Waals surface area contributed by atoms with Crippen LogP contribution in [0.25, 0.3) is 0 Å². The largest absolute Gasteiger partial charge is 0.484 e. The van der Waals surface area contributed by atoms with E-state index in [0.29, 0.717) is 18.8 Å². The molecule has 1 fully saturated rings. The molecule has 2 rings (SSSR count). The summed E-state index contributed by atoms with van der Waals surface area (Å²) < 4.78 is 41.1. The number of urea groups is 1. The molecule has 2 N–H and O–H groups in total. The summed E-state index contributed by atoms with van der Waals surface area (Å²) in [6, 6.07) is 4.68. The number of amides is 3. The van der Waals surface area contributed by atoms with E-state index in [2.05, 4.69) is 15.4 Å². The van der Waals surface area contributed by atoms with Crippen LogP contribution in [0.3, 0.4) is 0 Å². The van der Waals surface area contributed by atoms with Gasteiger partial charge in [-0.3, -0.25) is 9.69 Å². The predicted octanol–water partition coefficient (Wildman–Crippen LogP) is 1.98. The van der Waals surface area contributed by atoms with Gasteiger partial charge in [-0.25, -0.2) is 4.79 Å². The average molecular weight is 331 g/mol. The molecule has 126 valence electrons. The Kier molecular flexibility index (Phi) is 4.97. The number of nitrogens with one attached hydrogen (secondary N) is 2. The third-order valence-corrected chi connectivity index (χ3v) is 3.11. The van der Waals surface area contributed by atoms with Gasteiger partial charge < -0.3 is 15.4 Å². The highest BCUT2D eigenvalue weighted by atomic mass is 19.4. The zero-order valence-corrected chi connectivity index (χ0v) is 12.3. The number of benzene rings is 1. The smallest absolute Gasteiger partial charge is 0.422 e. The second-order valence-corrected chi connectivity index (χ2v) is 5.02. The number of rotatable bonds is 5. The lowest BCUT2D eigenvalue weighted by Gasteiger charge is -2.20. The number of alkyl halides is 3. The summed E-state index contributed by atoms with van der Waals surface area (Å²) in [5, 5.41) is 5.37. The lowest BCUT2D eigenvalue weighted by atomic mass is 10.2. The number of ether oxygens (including phenoxy) is 1. The Labute approximate surface area is 130 Å². The van der Waals surface area contributed by atoms with Crippen molar-refractivity contribution >= 4 is 17.6 Å². The summed E-state index contributed by atoms with van der Waals surface area (Å²) in [5.41, 5.74) is 0.421. The van der Waals surface area contributed by atoms with Gasteiger partial charge in [0.1, 0.15) is 11.8 Å². The second kappa shape index (κ2) is 6.76. The summed E-state index contributed by atoms with van der Waals surface area (Å²) in [7, 11) is 0. The van der Waals surface area contributed by atoms with Gasteiger partial charge in [-0.2, -0.15) is 13.2 Å². The summed E-state index contributed by atoms with van der Waals surface area (Å²) in [6.45, 7) is 0.868. The summed E-state index contributed by atoms with van der Waals surface area (Å²) in [5.74, 6) is -0.382. The van der Waals surface area contributed by atoms with E-state index in [0.717, 1.165) is 4.90 Å². The van der Waals surface area contributed by atoms with Gasteiger partial charge in [-0.1, -0.05) is 6.07 Å². The van der Waals surface area contributed by atoms with Crippen LogP contribution >= 0.6 is 0 Å².